The quantitative estimate of drug-likeness (QED) is 0.307. The highest BCUT2D eigenvalue weighted by Crippen LogP contribution is 2.38. The van der Waals surface area contributed by atoms with Gasteiger partial charge in [-0.3, -0.25) is 0 Å². The Bertz CT molecular complexity index is 1150. The summed E-state index contributed by atoms with van der Waals surface area (Å²) in [5, 5.41) is 5.95. The van der Waals surface area contributed by atoms with Crippen LogP contribution in [0.25, 0.3) is 0 Å². The number of amides is 4. The minimum atomic E-state index is -0.469. The first-order valence-electron chi connectivity index (χ1n) is 11.8. The van der Waals surface area contributed by atoms with Crippen LogP contribution in [-0.2, 0) is 0 Å². The zero-order chi connectivity index (χ0) is 25.3. The highest BCUT2D eigenvalue weighted by Gasteiger charge is 2.36. The van der Waals surface area contributed by atoms with Crippen LogP contribution in [0.4, 0.5) is 21.0 Å². The second-order valence-electron chi connectivity index (χ2n) is 8.53. The zero-order valence-corrected chi connectivity index (χ0v) is 20.4. The molecule has 0 spiro atoms. The summed E-state index contributed by atoms with van der Waals surface area (Å²) in [5.41, 5.74) is 3.23. The molecule has 0 bridgehead atoms. The van der Waals surface area contributed by atoms with E-state index in [9.17, 15) is 9.59 Å². The number of carbonyl (C=O) groups excluding carboxylic acids is 2. The highest BCUT2D eigenvalue weighted by atomic mass is 16.2. The number of urea groups is 2. The number of para-hydroxylation sites is 2. The molecule has 0 saturated carbocycles. The monoisotopic (exact) mass is 478 g/mol. The Balaban J connectivity index is 1.72. The number of nitrogens with one attached hydrogen (secondary N) is 2. The zero-order valence-electron chi connectivity index (χ0n) is 20.4. The van der Waals surface area contributed by atoms with E-state index >= 15 is 0 Å². The number of rotatable bonds is 7. The van der Waals surface area contributed by atoms with E-state index < -0.39 is 12.1 Å². The Morgan fingerprint density at radius 2 is 0.778 bits per heavy atom. The predicted octanol–water partition coefficient (Wildman–Crippen LogP) is 6.80. The molecule has 6 nitrogen and oxygen atoms in total. The molecule has 4 amide bonds. The summed E-state index contributed by atoms with van der Waals surface area (Å²) < 4.78 is 0. The van der Waals surface area contributed by atoms with E-state index in [1.807, 2.05) is 121 Å². The summed E-state index contributed by atoms with van der Waals surface area (Å²) in [7, 11) is 3.52. The van der Waals surface area contributed by atoms with E-state index in [1.54, 1.807) is 23.9 Å². The van der Waals surface area contributed by atoms with Crippen molar-refractivity contribution in [2.24, 2.45) is 0 Å². The van der Waals surface area contributed by atoms with Crippen LogP contribution in [0.15, 0.2) is 121 Å². The number of hydrogen-bond donors (Lipinski definition) is 2. The molecule has 182 valence electrons. The maximum absolute atomic E-state index is 13.4. The van der Waals surface area contributed by atoms with Gasteiger partial charge in [0.05, 0.1) is 12.1 Å². The third-order valence-corrected chi connectivity index (χ3v) is 6.11. The molecule has 0 radical (unpaired) electrons. The second-order valence-corrected chi connectivity index (χ2v) is 8.53. The molecule has 0 aromatic heterocycles. The molecule has 2 atom stereocenters. The van der Waals surface area contributed by atoms with Crippen LogP contribution in [-0.4, -0.2) is 36.0 Å². The summed E-state index contributed by atoms with van der Waals surface area (Å²) in [6.45, 7) is 0. The van der Waals surface area contributed by atoms with Gasteiger partial charge in [0.25, 0.3) is 0 Å². The summed E-state index contributed by atoms with van der Waals surface area (Å²) in [4.78, 5) is 30.2. The van der Waals surface area contributed by atoms with Crippen LogP contribution in [0.3, 0.4) is 0 Å². The van der Waals surface area contributed by atoms with Crippen LogP contribution in [0.5, 0.6) is 0 Å². The molecule has 0 aliphatic carbocycles. The Hall–Kier alpha value is -4.58. The van der Waals surface area contributed by atoms with Crippen molar-refractivity contribution in [2.45, 2.75) is 12.1 Å². The minimum Gasteiger partial charge on any atom is -0.318 e. The largest absolute Gasteiger partial charge is 0.322 e. The summed E-state index contributed by atoms with van der Waals surface area (Å²) >= 11 is 0. The Morgan fingerprint density at radius 3 is 1.08 bits per heavy atom. The molecule has 0 aliphatic rings. The van der Waals surface area contributed by atoms with Crippen molar-refractivity contribution in [3.63, 3.8) is 0 Å². The minimum absolute atomic E-state index is 0.271. The van der Waals surface area contributed by atoms with E-state index in [2.05, 4.69) is 10.6 Å². The molecule has 0 saturated heterocycles. The van der Waals surface area contributed by atoms with Gasteiger partial charge in [-0.15, -0.1) is 0 Å². The lowest BCUT2D eigenvalue weighted by Gasteiger charge is -2.40. The van der Waals surface area contributed by atoms with Crippen LogP contribution in [0.1, 0.15) is 23.2 Å². The van der Waals surface area contributed by atoms with E-state index in [4.69, 9.17) is 0 Å². The van der Waals surface area contributed by atoms with E-state index in [1.165, 1.54) is 0 Å². The van der Waals surface area contributed by atoms with E-state index in [0.717, 1.165) is 11.1 Å². The van der Waals surface area contributed by atoms with E-state index in [0.29, 0.717) is 11.4 Å². The van der Waals surface area contributed by atoms with E-state index in [-0.39, 0.29) is 12.1 Å². The van der Waals surface area contributed by atoms with Crippen molar-refractivity contribution in [2.75, 3.05) is 24.7 Å². The van der Waals surface area contributed by atoms with Crippen molar-refractivity contribution in [1.82, 2.24) is 9.80 Å². The molecule has 0 unspecified atom stereocenters. The lowest BCUT2D eigenvalue weighted by atomic mass is 9.91. The van der Waals surface area contributed by atoms with Crippen LogP contribution < -0.4 is 10.6 Å². The van der Waals surface area contributed by atoms with Crippen molar-refractivity contribution >= 4 is 23.4 Å². The number of anilines is 2. The first-order valence-corrected chi connectivity index (χ1v) is 11.8. The molecular formula is C30H30N4O2. The van der Waals surface area contributed by atoms with Gasteiger partial charge in [0, 0.05) is 25.5 Å². The summed E-state index contributed by atoms with van der Waals surface area (Å²) in [5.74, 6) is 0. The molecule has 6 heteroatoms. The van der Waals surface area contributed by atoms with Gasteiger partial charge in [-0.1, -0.05) is 97.1 Å². The maximum atomic E-state index is 13.4. The first kappa shape index (κ1) is 24.5. The fourth-order valence-corrected chi connectivity index (χ4v) is 4.25. The Kier molecular flexibility index (Phi) is 7.98. The lowest BCUT2D eigenvalue weighted by Crippen LogP contribution is -2.45. The Morgan fingerprint density at radius 1 is 0.500 bits per heavy atom. The number of benzene rings is 4. The Labute approximate surface area is 212 Å². The van der Waals surface area contributed by atoms with Gasteiger partial charge in [0.1, 0.15) is 0 Å². The number of hydrogen-bond acceptors (Lipinski definition) is 2. The molecular weight excluding hydrogens is 448 g/mol. The standard InChI is InChI=1S/C30H30N4O2/c1-33(29(35)31-25-19-11-5-12-20-25)27(23-15-7-3-8-16-23)28(24-17-9-4-10-18-24)34(2)30(36)32-26-21-13-6-14-22-26/h3-22,27-28H,1-2H3,(H,31,35)(H,32,36)/t27-,28-/m0/s1. The van der Waals surface area contributed by atoms with Crippen molar-refractivity contribution in [3.05, 3.63) is 132 Å². The predicted molar refractivity (Wildman–Crippen MR) is 145 cm³/mol. The maximum Gasteiger partial charge on any atom is 0.322 e. The topological polar surface area (TPSA) is 64.7 Å². The molecule has 4 aromatic carbocycles. The van der Waals surface area contributed by atoms with Crippen molar-refractivity contribution in [1.29, 1.82) is 0 Å². The molecule has 0 aliphatic heterocycles. The molecule has 36 heavy (non-hydrogen) atoms. The second kappa shape index (κ2) is 11.7. The molecule has 0 fully saturated rings. The highest BCUT2D eigenvalue weighted by molar-refractivity contribution is 5.91. The average molecular weight is 479 g/mol. The smallest absolute Gasteiger partial charge is 0.318 e. The fourth-order valence-electron chi connectivity index (χ4n) is 4.25. The van der Waals surface area contributed by atoms with Gasteiger partial charge >= 0.3 is 12.1 Å². The summed E-state index contributed by atoms with van der Waals surface area (Å²) in [6.07, 6.45) is 0. The van der Waals surface area contributed by atoms with Crippen molar-refractivity contribution < 1.29 is 9.59 Å². The third-order valence-electron chi connectivity index (χ3n) is 6.11. The number of likely N-dealkylation sites (N-methyl/N-ethyl adjacent to an activating group) is 2. The number of nitrogens with zero attached hydrogens (tertiary/aromatic N) is 2. The molecule has 2 N–H and O–H groups in total. The van der Waals surface area contributed by atoms with Gasteiger partial charge < -0.3 is 20.4 Å². The van der Waals surface area contributed by atoms with Gasteiger partial charge in [-0.2, -0.15) is 0 Å². The normalized spacial score (nSPS) is 12.2. The first-order chi connectivity index (χ1) is 17.5. The van der Waals surface area contributed by atoms with Gasteiger partial charge in [-0.25, -0.2) is 9.59 Å². The van der Waals surface area contributed by atoms with Gasteiger partial charge in [0.2, 0.25) is 0 Å². The average Bonchev–Trinajstić information content (AvgIpc) is 2.93. The summed E-state index contributed by atoms with van der Waals surface area (Å²) in [6, 6.07) is 36.8. The lowest BCUT2D eigenvalue weighted by molar-refractivity contribution is 0.141. The molecule has 4 aromatic rings. The molecule has 0 heterocycles. The van der Waals surface area contributed by atoms with Gasteiger partial charge in [-0.05, 0) is 35.4 Å². The fraction of sp³-hybridized carbons (Fsp3) is 0.133. The van der Waals surface area contributed by atoms with Crippen LogP contribution >= 0.6 is 0 Å². The van der Waals surface area contributed by atoms with Gasteiger partial charge in [0.15, 0.2) is 0 Å². The van der Waals surface area contributed by atoms with Crippen molar-refractivity contribution in [3.8, 4) is 0 Å². The number of carbonyl (C=O) groups is 2. The SMILES string of the molecule is CN(C(=O)Nc1ccccc1)[C@@H](c1ccccc1)[C@H](c1ccccc1)N(C)C(=O)Nc1ccccc1. The van der Waals surface area contributed by atoms with Crippen LogP contribution in [0, 0.1) is 0 Å². The molecule has 4 rings (SSSR count). The van der Waals surface area contributed by atoms with Crippen LogP contribution in [0.2, 0.25) is 0 Å². The third kappa shape index (κ3) is 5.91.